The Kier molecular flexibility index (Phi) is 4.00. The summed E-state index contributed by atoms with van der Waals surface area (Å²) in [6.07, 6.45) is 1.58. The summed E-state index contributed by atoms with van der Waals surface area (Å²) < 4.78 is 28.6. The van der Waals surface area contributed by atoms with Crippen LogP contribution in [0.3, 0.4) is 0 Å². The molecule has 0 saturated carbocycles. The highest BCUT2D eigenvalue weighted by Gasteiger charge is 2.25. The first-order chi connectivity index (χ1) is 11.0. The Morgan fingerprint density at radius 2 is 2.17 bits per heavy atom. The van der Waals surface area contributed by atoms with Gasteiger partial charge in [-0.25, -0.2) is 15.0 Å². The Morgan fingerprint density at radius 1 is 1.35 bits per heavy atom. The van der Waals surface area contributed by atoms with Crippen LogP contribution in [0.5, 0.6) is 5.88 Å². The number of hydrogen-bond donors (Lipinski definition) is 1. The average molecular weight is 321 g/mol. The number of aromatic nitrogens is 3. The minimum Gasteiger partial charge on any atom is -0.417 e. The first kappa shape index (κ1) is 15.1. The number of pyridine rings is 1. The number of amides is 1. The summed E-state index contributed by atoms with van der Waals surface area (Å²) in [5.41, 5.74) is 7.44. The Bertz CT molecular complexity index is 741. The molecule has 1 amide bonds. The average Bonchev–Trinajstić information content (AvgIpc) is 2.90. The van der Waals surface area contributed by atoms with Crippen molar-refractivity contribution in [2.24, 2.45) is 0 Å². The fourth-order valence-corrected chi connectivity index (χ4v) is 2.32. The number of halogens is 2. The number of fused-ring (bicyclic) bond motifs is 1. The number of ether oxygens (including phenoxy) is 1. The lowest BCUT2D eigenvalue weighted by Gasteiger charge is -2.14. The Hall–Kier alpha value is -2.84. The fraction of sp³-hybridized carbons (Fsp3) is 0.286. The molecular weight excluding hydrogens is 308 g/mol. The predicted octanol–water partition coefficient (Wildman–Crippen LogP) is 1.14. The minimum absolute atomic E-state index is 0.0165. The van der Waals surface area contributed by atoms with Gasteiger partial charge in [0.2, 0.25) is 17.7 Å². The molecule has 0 unspecified atom stereocenters. The second kappa shape index (κ2) is 6.11. The smallest absolute Gasteiger partial charge is 0.388 e. The molecule has 0 spiro atoms. The lowest BCUT2D eigenvalue weighted by atomic mass is 10.2. The van der Waals surface area contributed by atoms with Gasteiger partial charge in [-0.05, 0) is 6.07 Å². The highest BCUT2D eigenvalue weighted by molar-refractivity contribution is 5.79. The zero-order valence-electron chi connectivity index (χ0n) is 11.9. The molecule has 2 aromatic heterocycles. The van der Waals surface area contributed by atoms with Gasteiger partial charge in [-0.2, -0.15) is 8.78 Å². The van der Waals surface area contributed by atoms with Gasteiger partial charge in [-0.1, -0.05) is 6.07 Å². The molecule has 0 fully saturated rings. The molecule has 9 heteroatoms. The van der Waals surface area contributed by atoms with E-state index in [0.717, 1.165) is 5.56 Å². The number of nitrogen functional groups attached to an aromatic ring is 1. The molecule has 7 nitrogen and oxygen atoms in total. The largest absolute Gasteiger partial charge is 0.417 e. The van der Waals surface area contributed by atoms with E-state index in [1.165, 1.54) is 12.1 Å². The number of nitrogens with two attached hydrogens (primary N) is 1. The molecule has 0 atom stereocenters. The zero-order chi connectivity index (χ0) is 16.4. The predicted molar refractivity (Wildman–Crippen MR) is 75.3 cm³/mol. The lowest BCUT2D eigenvalue weighted by molar-refractivity contribution is -0.131. The molecule has 1 aliphatic heterocycles. The number of alkyl halides is 2. The molecule has 3 rings (SSSR count). The third-order valence-corrected chi connectivity index (χ3v) is 3.35. The van der Waals surface area contributed by atoms with E-state index >= 15 is 0 Å². The third-order valence-electron chi connectivity index (χ3n) is 3.35. The van der Waals surface area contributed by atoms with Crippen molar-refractivity contribution in [1.82, 2.24) is 19.9 Å². The van der Waals surface area contributed by atoms with Gasteiger partial charge in [0, 0.05) is 24.4 Å². The van der Waals surface area contributed by atoms with E-state index in [0.29, 0.717) is 24.5 Å². The third kappa shape index (κ3) is 3.50. The van der Waals surface area contributed by atoms with Crippen LogP contribution < -0.4 is 10.5 Å². The monoisotopic (exact) mass is 321 g/mol. The van der Waals surface area contributed by atoms with E-state index < -0.39 is 6.61 Å². The maximum atomic E-state index is 12.3. The Balaban J connectivity index is 1.66. The van der Waals surface area contributed by atoms with Crippen LogP contribution in [-0.2, 0) is 24.3 Å². The second-order valence-electron chi connectivity index (χ2n) is 4.97. The maximum absolute atomic E-state index is 12.3. The van der Waals surface area contributed by atoms with Crippen LogP contribution in [0.4, 0.5) is 14.7 Å². The Labute approximate surface area is 130 Å². The fourth-order valence-electron chi connectivity index (χ4n) is 2.32. The number of carbonyl (C=O) groups is 1. The van der Waals surface area contributed by atoms with Crippen LogP contribution in [0.25, 0.3) is 0 Å². The molecule has 2 aromatic rings. The molecule has 3 heterocycles. The molecular formula is C14H13F2N5O2. The maximum Gasteiger partial charge on any atom is 0.388 e. The molecule has 1 aliphatic rings. The number of rotatable bonds is 4. The first-order valence-electron chi connectivity index (χ1n) is 6.80. The van der Waals surface area contributed by atoms with E-state index in [9.17, 15) is 13.6 Å². The van der Waals surface area contributed by atoms with Crippen molar-refractivity contribution in [2.45, 2.75) is 26.1 Å². The van der Waals surface area contributed by atoms with Crippen LogP contribution in [0.2, 0.25) is 0 Å². The lowest BCUT2D eigenvalue weighted by Crippen LogP contribution is -2.27. The molecule has 0 radical (unpaired) electrons. The van der Waals surface area contributed by atoms with E-state index in [1.54, 1.807) is 17.2 Å². The quantitative estimate of drug-likeness (QED) is 0.907. The van der Waals surface area contributed by atoms with Gasteiger partial charge in [0.25, 0.3) is 0 Å². The van der Waals surface area contributed by atoms with Gasteiger partial charge in [0.1, 0.15) is 0 Å². The summed E-state index contributed by atoms with van der Waals surface area (Å²) in [5, 5.41) is 0. The summed E-state index contributed by atoms with van der Waals surface area (Å²) >= 11 is 0. The van der Waals surface area contributed by atoms with Gasteiger partial charge >= 0.3 is 6.61 Å². The first-order valence-corrected chi connectivity index (χ1v) is 6.80. The van der Waals surface area contributed by atoms with Crippen molar-refractivity contribution in [2.75, 3.05) is 5.73 Å². The van der Waals surface area contributed by atoms with E-state index in [1.807, 2.05) is 0 Å². The summed E-state index contributed by atoms with van der Waals surface area (Å²) in [4.78, 5) is 25.8. The summed E-state index contributed by atoms with van der Waals surface area (Å²) in [6, 6.07) is 4.40. The molecule has 2 N–H and O–H groups in total. The van der Waals surface area contributed by atoms with Crippen LogP contribution in [-0.4, -0.2) is 32.4 Å². The van der Waals surface area contributed by atoms with Crippen LogP contribution in [0, 0.1) is 0 Å². The van der Waals surface area contributed by atoms with Crippen LogP contribution in [0.15, 0.2) is 24.4 Å². The Morgan fingerprint density at radius 3 is 2.96 bits per heavy atom. The van der Waals surface area contributed by atoms with Crippen LogP contribution in [0.1, 0.15) is 17.0 Å². The van der Waals surface area contributed by atoms with Gasteiger partial charge in [0.15, 0.2) is 0 Å². The molecule has 0 aromatic carbocycles. The molecule has 0 bridgehead atoms. The summed E-state index contributed by atoms with van der Waals surface area (Å²) in [7, 11) is 0. The molecule has 120 valence electrons. The van der Waals surface area contributed by atoms with Gasteiger partial charge in [-0.3, -0.25) is 4.79 Å². The highest BCUT2D eigenvalue weighted by atomic mass is 19.3. The van der Waals surface area contributed by atoms with Crippen LogP contribution >= 0.6 is 0 Å². The summed E-state index contributed by atoms with van der Waals surface area (Å²) in [5.74, 6) is -0.242. The van der Waals surface area contributed by atoms with Crippen molar-refractivity contribution in [3.8, 4) is 5.88 Å². The van der Waals surface area contributed by atoms with Crippen molar-refractivity contribution < 1.29 is 18.3 Å². The van der Waals surface area contributed by atoms with E-state index in [2.05, 4.69) is 19.7 Å². The standard InChI is InChI=1S/C14H13F2N5O2/c15-13(16)23-11-3-1-2-9(19-11)4-12(22)21-6-8-5-18-14(17)20-10(8)7-21/h1-3,5,13H,4,6-7H2,(H2,17,18,20). The molecule has 0 aliphatic carbocycles. The van der Waals surface area contributed by atoms with Crippen molar-refractivity contribution >= 4 is 11.9 Å². The number of anilines is 1. The van der Waals surface area contributed by atoms with Crippen molar-refractivity contribution in [3.05, 3.63) is 41.3 Å². The molecule has 0 saturated heterocycles. The summed E-state index contributed by atoms with van der Waals surface area (Å²) in [6.45, 7) is -2.22. The van der Waals surface area contributed by atoms with Gasteiger partial charge in [0.05, 0.1) is 24.4 Å². The number of carbonyl (C=O) groups excluding carboxylic acids is 1. The van der Waals surface area contributed by atoms with E-state index in [4.69, 9.17) is 5.73 Å². The van der Waals surface area contributed by atoms with E-state index in [-0.39, 0.29) is 24.2 Å². The molecule has 23 heavy (non-hydrogen) atoms. The number of hydrogen-bond acceptors (Lipinski definition) is 6. The van der Waals surface area contributed by atoms with Gasteiger partial charge in [-0.15, -0.1) is 0 Å². The SMILES string of the molecule is Nc1ncc2c(n1)CN(C(=O)Cc1cccc(OC(F)F)n1)C2. The minimum atomic E-state index is -2.95. The number of nitrogens with zero attached hydrogens (tertiary/aromatic N) is 4. The van der Waals surface area contributed by atoms with Crippen molar-refractivity contribution in [3.63, 3.8) is 0 Å². The highest BCUT2D eigenvalue weighted by Crippen LogP contribution is 2.21. The zero-order valence-corrected chi connectivity index (χ0v) is 11.9. The topological polar surface area (TPSA) is 94.2 Å². The van der Waals surface area contributed by atoms with Crippen molar-refractivity contribution in [1.29, 1.82) is 0 Å². The normalized spacial score (nSPS) is 13.3. The second-order valence-corrected chi connectivity index (χ2v) is 4.97. The van der Waals surface area contributed by atoms with Gasteiger partial charge < -0.3 is 15.4 Å².